The van der Waals surface area contributed by atoms with Crippen LogP contribution in [-0.4, -0.2) is 65.7 Å². The van der Waals surface area contributed by atoms with Crippen molar-refractivity contribution in [2.24, 2.45) is 0 Å². The summed E-state index contributed by atoms with van der Waals surface area (Å²) in [4.78, 5) is 11.2. The van der Waals surface area contributed by atoms with E-state index < -0.39 is 43.3 Å². The first kappa shape index (κ1) is 14.3. The predicted octanol–water partition coefficient (Wildman–Crippen LogP) is -1.61. The first-order chi connectivity index (χ1) is 7.99. The van der Waals surface area contributed by atoms with Crippen molar-refractivity contribution in [3.63, 3.8) is 0 Å². The molecule has 17 heavy (non-hydrogen) atoms. The third-order valence-corrected chi connectivity index (χ3v) is 2.62. The molecule has 0 aromatic rings. The summed E-state index contributed by atoms with van der Waals surface area (Å²) in [5.41, 5.74) is 0. The second-order valence-corrected chi connectivity index (χ2v) is 3.88. The Morgan fingerprint density at radius 1 is 1.53 bits per heavy atom. The van der Waals surface area contributed by atoms with E-state index in [1.54, 1.807) is 0 Å². The van der Waals surface area contributed by atoms with E-state index in [9.17, 15) is 15.0 Å². The summed E-state index contributed by atoms with van der Waals surface area (Å²) in [5.74, 6) is -0.571. The zero-order chi connectivity index (χ0) is 13.0. The molecule has 1 aliphatic rings. The molecule has 1 unspecified atom stereocenters. The van der Waals surface area contributed by atoms with E-state index in [-0.39, 0.29) is 6.42 Å². The summed E-state index contributed by atoms with van der Waals surface area (Å²) >= 11 is 0. The van der Waals surface area contributed by atoms with Gasteiger partial charge in [-0.2, -0.15) is 0 Å². The van der Waals surface area contributed by atoms with Gasteiger partial charge in [0.05, 0.1) is 19.8 Å². The molecule has 0 aromatic heterocycles. The Balaban J connectivity index is 2.59. The third-order valence-electron chi connectivity index (χ3n) is 2.62. The summed E-state index contributed by atoms with van der Waals surface area (Å²) in [6.07, 6.45) is -4.78. The molecule has 1 heterocycles. The second-order valence-electron chi connectivity index (χ2n) is 3.88. The maximum Gasteiger partial charge on any atom is 0.334 e. The minimum atomic E-state index is -1.13. The standard InChI is InChI=1S/C10H18O7/c1-5(10(14)15-2)16-6-3-8(12)17-7(4-11)9(6)13/h5-9,11-13H,3-4H2,1-2H3/t5?,6-,7-,8+,9+/m1/s1. The lowest BCUT2D eigenvalue weighted by Gasteiger charge is -2.37. The summed E-state index contributed by atoms with van der Waals surface area (Å²) in [7, 11) is 1.23. The Morgan fingerprint density at radius 3 is 2.71 bits per heavy atom. The van der Waals surface area contributed by atoms with Crippen LogP contribution in [-0.2, 0) is 19.0 Å². The predicted molar refractivity (Wildman–Crippen MR) is 54.9 cm³/mol. The van der Waals surface area contributed by atoms with Gasteiger partial charge in [-0.3, -0.25) is 0 Å². The maximum absolute atomic E-state index is 11.2. The van der Waals surface area contributed by atoms with Gasteiger partial charge in [0.1, 0.15) is 12.2 Å². The van der Waals surface area contributed by atoms with Gasteiger partial charge in [-0.15, -0.1) is 0 Å². The highest BCUT2D eigenvalue weighted by Crippen LogP contribution is 2.22. The van der Waals surface area contributed by atoms with Crippen LogP contribution in [0.5, 0.6) is 0 Å². The van der Waals surface area contributed by atoms with Crippen molar-refractivity contribution < 1.29 is 34.3 Å². The van der Waals surface area contributed by atoms with E-state index in [4.69, 9.17) is 14.6 Å². The van der Waals surface area contributed by atoms with Crippen LogP contribution in [0.15, 0.2) is 0 Å². The van der Waals surface area contributed by atoms with Gasteiger partial charge < -0.3 is 29.5 Å². The van der Waals surface area contributed by atoms with Crippen molar-refractivity contribution in [3.8, 4) is 0 Å². The molecule has 5 atom stereocenters. The number of esters is 1. The fourth-order valence-corrected chi connectivity index (χ4v) is 1.69. The molecule has 0 radical (unpaired) electrons. The number of aliphatic hydroxyl groups excluding tert-OH is 3. The first-order valence-corrected chi connectivity index (χ1v) is 5.35. The number of carbonyl (C=O) groups excluding carboxylic acids is 1. The highest BCUT2D eigenvalue weighted by Gasteiger charge is 2.39. The van der Waals surface area contributed by atoms with Gasteiger partial charge in [-0.1, -0.05) is 0 Å². The zero-order valence-electron chi connectivity index (χ0n) is 9.78. The van der Waals surface area contributed by atoms with Gasteiger partial charge in [0.15, 0.2) is 12.4 Å². The number of carbonyl (C=O) groups is 1. The Labute approximate surface area is 98.9 Å². The van der Waals surface area contributed by atoms with Crippen LogP contribution in [0.25, 0.3) is 0 Å². The van der Waals surface area contributed by atoms with E-state index in [2.05, 4.69) is 4.74 Å². The average Bonchev–Trinajstić information content (AvgIpc) is 2.31. The topological polar surface area (TPSA) is 105 Å². The highest BCUT2D eigenvalue weighted by molar-refractivity contribution is 5.73. The molecule has 7 heteroatoms. The second kappa shape index (κ2) is 6.27. The van der Waals surface area contributed by atoms with Crippen molar-refractivity contribution in [3.05, 3.63) is 0 Å². The lowest BCUT2D eigenvalue weighted by atomic mass is 10.0. The molecule has 3 N–H and O–H groups in total. The van der Waals surface area contributed by atoms with E-state index in [0.29, 0.717) is 0 Å². The third kappa shape index (κ3) is 3.62. The molecule has 0 spiro atoms. The molecule has 0 amide bonds. The Kier molecular flexibility index (Phi) is 5.29. The van der Waals surface area contributed by atoms with Crippen molar-refractivity contribution in [1.82, 2.24) is 0 Å². The van der Waals surface area contributed by atoms with Gasteiger partial charge in [0.2, 0.25) is 0 Å². The van der Waals surface area contributed by atoms with Crippen LogP contribution >= 0.6 is 0 Å². The SMILES string of the molecule is COC(=O)C(C)O[C@@H]1C[C@@H](O)O[C@H](CO)[C@H]1O. The number of hydrogen-bond donors (Lipinski definition) is 3. The molecular formula is C10H18O7. The zero-order valence-corrected chi connectivity index (χ0v) is 9.78. The van der Waals surface area contributed by atoms with E-state index in [1.807, 2.05) is 0 Å². The summed E-state index contributed by atoms with van der Waals surface area (Å²) in [6.45, 7) is 1.04. The van der Waals surface area contributed by atoms with Crippen LogP contribution < -0.4 is 0 Å². The first-order valence-electron chi connectivity index (χ1n) is 5.35. The fourth-order valence-electron chi connectivity index (χ4n) is 1.69. The average molecular weight is 250 g/mol. The van der Waals surface area contributed by atoms with Crippen LogP contribution in [0, 0.1) is 0 Å². The summed E-state index contributed by atoms with van der Waals surface area (Å²) in [5, 5.41) is 28.1. The Morgan fingerprint density at radius 2 is 2.18 bits per heavy atom. The molecular weight excluding hydrogens is 232 g/mol. The molecule has 0 saturated carbocycles. The molecule has 0 bridgehead atoms. The van der Waals surface area contributed by atoms with Gasteiger partial charge in [0, 0.05) is 6.42 Å². The fraction of sp³-hybridized carbons (Fsp3) is 0.900. The normalized spacial score (nSPS) is 35.4. The van der Waals surface area contributed by atoms with E-state index in [1.165, 1.54) is 14.0 Å². The van der Waals surface area contributed by atoms with Crippen molar-refractivity contribution in [1.29, 1.82) is 0 Å². The lowest BCUT2D eigenvalue weighted by Crippen LogP contribution is -2.52. The number of aliphatic hydroxyl groups is 3. The molecule has 1 rings (SSSR count). The summed E-state index contributed by atoms with van der Waals surface area (Å²) < 4.78 is 14.7. The quantitative estimate of drug-likeness (QED) is 0.516. The smallest absolute Gasteiger partial charge is 0.334 e. The highest BCUT2D eigenvalue weighted by atomic mass is 16.6. The summed E-state index contributed by atoms with van der Waals surface area (Å²) in [6, 6.07) is 0. The molecule has 100 valence electrons. The molecule has 1 aliphatic heterocycles. The van der Waals surface area contributed by atoms with Crippen LogP contribution in [0.1, 0.15) is 13.3 Å². The number of ether oxygens (including phenoxy) is 3. The van der Waals surface area contributed by atoms with Crippen LogP contribution in [0.2, 0.25) is 0 Å². The Bertz CT molecular complexity index is 257. The van der Waals surface area contributed by atoms with Gasteiger partial charge in [-0.25, -0.2) is 4.79 Å². The monoisotopic (exact) mass is 250 g/mol. The van der Waals surface area contributed by atoms with Crippen LogP contribution in [0.4, 0.5) is 0 Å². The van der Waals surface area contributed by atoms with Crippen molar-refractivity contribution >= 4 is 5.97 Å². The molecule has 0 aliphatic carbocycles. The van der Waals surface area contributed by atoms with Gasteiger partial charge >= 0.3 is 5.97 Å². The molecule has 0 aromatic carbocycles. The van der Waals surface area contributed by atoms with Gasteiger partial charge in [0.25, 0.3) is 0 Å². The van der Waals surface area contributed by atoms with Crippen LogP contribution in [0.3, 0.4) is 0 Å². The molecule has 1 fully saturated rings. The number of rotatable bonds is 4. The minimum Gasteiger partial charge on any atom is -0.467 e. The molecule has 7 nitrogen and oxygen atoms in total. The van der Waals surface area contributed by atoms with Crippen molar-refractivity contribution in [2.75, 3.05) is 13.7 Å². The maximum atomic E-state index is 11.2. The van der Waals surface area contributed by atoms with Crippen molar-refractivity contribution in [2.45, 2.75) is 44.1 Å². The largest absolute Gasteiger partial charge is 0.467 e. The molecule has 1 saturated heterocycles. The van der Waals surface area contributed by atoms with Gasteiger partial charge in [-0.05, 0) is 6.92 Å². The Hall–Kier alpha value is -0.730. The number of methoxy groups -OCH3 is 1. The lowest BCUT2D eigenvalue weighted by molar-refractivity contribution is -0.254. The van der Waals surface area contributed by atoms with E-state index >= 15 is 0 Å². The number of hydrogen-bond acceptors (Lipinski definition) is 7. The van der Waals surface area contributed by atoms with E-state index in [0.717, 1.165) is 0 Å². The minimum absolute atomic E-state index is 0.0268.